The Hall–Kier alpha value is -3.69. The maximum absolute atomic E-state index is 13.4. The van der Waals surface area contributed by atoms with Crippen LogP contribution in [0.3, 0.4) is 0 Å². The first-order chi connectivity index (χ1) is 16.3. The van der Waals surface area contributed by atoms with Crippen LogP contribution in [0.1, 0.15) is 27.3 Å². The number of ketones is 1. The van der Waals surface area contributed by atoms with Gasteiger partial charge in [0.1, 0.15) is 11.4 Å². The Bertz CT molecular complexity index is 1370. The Morgan fingerprint density at radius 1 is 1.15 bits per heavy atom. The van der Waals surface area contributed by atoms with Gasteiger partial charge >= 0.3 is 0 Å². The lowest BCUT2D eigenvalue weighted by Gasteiger charge is -2.14. The van der Waals surface area contributed by atoms with Gasteiger partial charge in [-0.2, -0.15) is 0 Å². The summed E-state index contributed by atoms with van der Waals surface area (Å²) in [6.07, 6.45) is 3.19. The van der Waals surface area contributed by atoms with Crippen molar-refractivity contribution in [3.05, 3.63) is 70.4 Å². The number of carbonyl (C=O) groups is 1. The van der Waals surface area contributed by atoms with Gasteiger partial charge in [0.2, 0.25) is 11.7 Å². The molecule has 34 heavy (non-hydrogen) atoms. The molecule has 4 rings (SSSR count). The van der Waals surface area contributed by atoms with Crippen LogP contribution < -0.4 is 14.8 Å². The third-order valence-corrected chi connectivity index (χ3v) is 5.78. The lowest BCUT2D eigenvalue weighted by Crippen LogP contribution is -2.29. The number of aromatic nitrogens is 4. The van der Waals surface area contributed by atoms with E-state index >= 15 is 0 Å². The summed E-state index contributed by atoms with van der Waals surface area (Å²) in [7, 11) is 3.02. The second kappa shape index (κ2) is 9.66. The number of ether oxygens (including phenoxy) is 2. The number of aliphatic hydroxyl groups excluding tert-OH is 1. The van der Waals surface area contributed by atoms with Crippen molar-refractivity contribution in [1.29, 1.82) is 0 Å². The van der Waals surface area contributed by atoms with Crippen LogP contribution in [0.25, 0.3) is 11.0 Å². The maximum atomic E-state index is 13.4. The van der Waals surface area contributed by atoms with Gasteiger partial charge in [-0.05, 0) is 37.6 Å². The van der Waals surface area contributed by atoms with E-state index in [4.69, 9.17) is 21.1 Å². The van der Waals surface area contributed by atoms with E-state index in [1.165, 1.54) is 20.4 Å². The standard InChI is InChI=1S/C24H24ClN5O4/c1-13-7-15(25)10-27-19(13)12-30-14(2)21(18-9-17(33-3)11-28-23(18)30)22(31)24(32)29-16-5-6-26-20(8-16)34-4/h5-11,24,32H,12H2,1-4H3,(H,26,29). The summed E-state index contributed by atoms with van der Waals surface area (Å²) >= 11 is 6.06. The molecule has 0 aliphatic rings. The van der Waals surface area contributed by atoms with E-state index in [2.05, 4.69) is 20.3 Å². The molecule has 10 heteroatoms. The Kier molecular flexibility index (Phi) is 6.67. The first-order valence-electron chi connectivity index (χ1n) is 10.4. The number of nitrogens with zero attached hydrogens (tertiary/aromatic N) is 4. The lowest BCUT2D eigenvalue weighted by atomic mass is 10.1. The number of pyridine rings is 3. The predicted molar refractivity (Wildman–Crippen MR) is 129 cm³/mol. The summed E-state index contributed by atoms with van der Waals surface area (Å²) in [5.74, 6) is 0.353. The third-order valence-electron chi connectivity index (χ3n) is 5.57. The van der Waals surface area contributed by atoms with E-state index < -0.39 is 12.0 Å². The quantitative estimate of drug-likeness (QED) is 0.289. The molecule has 4 aromatic heterocycles. The van der Waals surface area contributed by atoms with Crippen LogP contribution in [-0.4, -0.2) is 50.9 Å². The number of hydrogen-bond donors (Lipinski definition) is 2. The van der Waals surface area contributed by atoms with Gasteiger partial charge in [-0.25, -0.2) is 9.97 Å². The van der Waals surface area contributed by atoms with Crippen molar-refractivity contribution in [3.63, 3.8) is 0 Å². The molecule has 0 aromatic carbocycles. The highest BCUT2D eigenvalue weighted by atomic mass is 35.5. The summed E-state index contributed by atoms with van der Waals surface area (Å²) in [6, 6.07) is 6.80. The monoisotopic (exact) mass is 481 g/mol. The van der Waals surface area contributed by atoms with Crippen molar-refractivity contribution >= 4 is 34.1 Å². The number of fused-ring (bicyclic) bond motifs is 1. The highest BCUT2D eigenvalue weighted by molar-refractivity contribution is 6.30. The fourth-order valence-corrected chi connectivity index (χ4v) is 4.01. The molecule has 0 saturated carbocycles. The number of carbonyl (C=O) groups excluding carboxylic acids is 1. The van der Waals surface area contributed by atoms with Crippen LogP contribution in [-0.2, 0) is 6.54 Å². The highest BCUT2D eigenvalue weighted by Gasteiger charge is 2.27. The van der Waals surface area contributed by atoms with Crippen LogP contribution in [0, 0.1) is 13.8 Å². The molecule has 0 aliphatic heterocycles. The average molecular weight is 482 g/mol. The van der Waals surface area contributed by atoms with E-state index in [1.807, 2.05) is 24.5 Å². The minimum atomic E-state index is -1.51. The van der Waals surface area contributed by atoms with Crippen molar-refractivity contribution in [1.82, 2.24) is 19.5 Å². The average Bonchev–Trinajstić information content (AvgIpc) is 3.10. The van der Waals surface area contributed by atoms with Gasteiger partial charge in [0.05, 0.1) is 43.2 Å². The second-order valence-electron chi connectivity index (χ2n) is 7.71. The van der Waals surface area contributed by atoms with Crippen LogP contribution in [0.4, 0.5) is 5.69 Å². The van der Waals surface area contributed by atoms with Crippen LogP contribution in [0.15, 0.2) is 42.9 Å². The van der Waals surface area contributed by atoms with E-state index in [9.17, 15) is 9.90 Å². The van der Waals surface area contributed by atoms with Gasteiger partial charge in [0, 0.05) is 35.2 Å². The first kappa shape index (κ1) is 23.5. The molecule has 0 amide bonds. The molecule has 4 heterocycles. The largest absolute Gasteiger partial charge is 0.495 e. The second-order valence-corrected chi connectivity index (χ2v) is 8.14. The lowest BCUT2D eigenvalue weighted by molar-refractivity contribution is 0.0794. The highest BCUT2D eigenvalue weighted by Crippen LogP contribution is 2.30. The van der Waals surface area contributed by atoms with Crippen LogP contribution >= 0.6 is 11.6 Å². The number of rotatable bonds is 8. The number of nitrogens with one attached hydrogen (secondary N) is 1. The third kappa shape index (κ3) is 4.52. The smallest absolute Gasteiger partial charge is 0.214 e. The molecule has 1 atom stereocenters. The molecule has 0 fully saturated rings. The summed E-state index contributed by atoms with van der Waals surface area (Å²) in [6.45, 7) is 4.12. The molecule has 0 aliphatic carbocycles. The Balaban J connectivity index is 1.76. The zero-order valence-electron chi connectivity index (χ0n) is 19.2. The molecule has 0 bridgehead atoms. The zero-order valence-corrected chi connectivity index (χ0v) is 19.9. The van der Waals surface area contributed by atoms with Gasteiger partial charge in [0.25, 0.3) is 0 Å². The molecular formula is C24H24ClN5O4. The van der Waals surface area contributed by atoms with E-state index in [1.54, 1.807) is 30.6 Å². The van der Waals surface area contributed by atoms with Crippen molar-refractivity contribution in [2.45, 2.75) is 26.6 Å². The number of methoxy groups -OCH3 is 2. The number of halogens is 1. The van der Waals surface area contributed by atoms with Gasteiger partial charge in [-0.15, -0.1) is 0 Å². The first-order valence-corrected chi connectivity index (χ1v) is 10.8. The van der Waals surface area contributed by atoms with Gasteiger partial charge in [0.15, 0.2) is 6.23 Å². The number of Topliss-reactive ketones (excluding diaryl/α,β-unsaturated/α-hetero) is 1. The van der Waals surface area contributed by atoms with Crippen molar-refractivity contribution in [3.8, 4) is 11.6 Å². The topological polar surface area (TPSA) is 111 Å². The van der Waals surface area contributed by atoms with Crippen molar-refractivity contribution < 1.29 is 19.4 Å². The Labute approximate surface area is 201 Å². The molecule has 0 saturated heterocycles. The summed E-state index contributed by atoms with van der Waals surface area (Å²) in [5, 5.41) is 14.7. The van der Waals surface area contributed by atoms with Crippen LogP contribution in [0.2, 0.25) is 5.02 Å². The summed E-state index contributed by atoms with van der Waals surface area (Å²) in [5.41, 5.74) is 3.77. The molecule has 0 spiro atoms. The fourth-order valence-electron chi connectivity index (χ4n) is 3.80. The molecule has 1 unspecified atom stereocenters. The Morgan fingerprint density at radius 3 is 2.65 bits per heavy atom. The minimum Gasteiger partial charge on any atom is -0.495 e. The molecular weight excluding hydrogens is 458 g/mol. The number of anilines is 1. The summed E-state index contributed by atoms with van der Waals surface area (Å²) in [4.78, 5) is 26.4. The van der Waals surface area contributed by atoms with E-state index in [0.717, 1.165) is 11.3 Å². The molecule has 2 N–H and O–H groups in total. The molecule has 9 nitrogen and oxygen atoms in total. The van der Waals surface area contributed by atoms with E-state index in [-0.39, 0.29) is 0 Å². The molecule has 4 aromatic rings. The SMILES string of the molecule is COc1cnc2c(c1)c(C(=O)C(O)Nc1ccnc(OC)c1)c(C)n2Cc1ncc(Cl)cc1C. The maximum Gasteiger partial charge on any atom is 0.214 e. The number of aliphatic hydroxyl groups is 1. The van der Waals surface area contributed by atoms with Gasteiger partial charge < -0.3 is 24.5 Å². The fraction of sp³-hybridized carbons (Fsp3) is 0.250. The van der Waals surface area contributed by atoms with Crippen molar-refractivity contribution in [2.75, 3.05) is 19.5 Å². The number of aryl methyl sites for hydroxylation is 1. The van der Waals surface area contributed by atoms with E-state index in [0.29, 0.717) is 51.2 Å². The number of hydrogen-bond acceptors (Lipinski definition) is 8. The molecule has 0 radical (unpaired) electrons. The minimum absolute atomic E-state index is 0.342. The Morgan fingerprint density at radius 2 is 1.94 bits per heavy atom. The predicted octanol–water partition coefficient (Wildman–Crippen LogP) is 3.78. The van der Waals surface area contributed by atoms with Crippen LogP contribution in [0.5, 0.6) is 11.6 Å². The van der Waals surface area contributed by atoms with Gasteiger partial charge in [-0.3, -0.25) is 9.78 Å². The normalized spacial score (nSPS) is 11.9. The summed E-state index contributed by atoms with van der Waals surface area (Å²) < 4.78 is 12.3. The van der Waals surface area contributed by atoms with Gasteiger partial charge in [-0.1, -0.05) is 11.6 Å². The zero-order chi connectivity index (χ0) is 24.4. The molecule has 176 valence electrons. The van der Waals surface area contributed by atoms with Crippen molar-refractivity contribution in [2.24, 2.45) is 0 Å².